The van der Waals surface area contributed by atoms with Gasteiger partial charge in [0.25, 0.3) is 17.7 Å². The summed E-state index contributed by atoms with van der Waals surface area (Å²) in [4.78, 5) is 40.3. The summed E-state index contributed by atoms with van der Waals surface area (Å²) < 4.78 is 17.6. The van der Waals surface area contributed by atoms with Gasteiger partial charge in [0.05, 0.1) is 30.8 Å². The summed E-state index contributed by atoms with van der Waals surface area (Å²) in [6.07, 6.45) is 4.07. The fraction of sp³-hybridized carbons (Fsp3) is 0.104. The van der Waals surface area contributed by atoms with E-state index in [0.717, 1.165) is 27.8 Å². The topological polar surface area (TPSA) is 161 Å². The molecule has 59 heavy (non-hydrogen) atoms. The maximum Gasteiger partial charge on any atom is 0.255 e. The number of phenols is 1. The van der Waals surface area contributed by atoms with Gasteiger partial charge in [-0.05, 0) is 101 Å². The zero-order valence-electron chi connectivity index (χ0n) is 32.5. The van der Waals surface area contributed by atoms with Gasteiger partial charge in [0, 0.05) is 29.7 Å². The molecule has 0 saturated carbocycles. The number of aromatic hydroxyl groups is 1. The van der Waals surface area contributed by atoms with Crippen LogP contribution >= 0.6 is 0 Å². The van der Waals surface area contributed by atoms with Crippen LogP contribution in [-0.2, 0) is 19.6 Å². The largest absolute Gasteiger partial charge is 0.508 e. The molecule has 0 aliphatic rings. The first-order valence-electron chi connectivity index (χ1n) is 18.7. The highest BCUT2D eigenvalue weighted by Gasteiger charge is 2.18. The summed E-state index contributed by atoms with van der Waals surface area (Å²) in [7, 11) is 1.43. The Morgan fingerprint density at radius 1 is 0.627 bits per heavy atom. The van der Waals surface area contributed by atoms with Crippen molar-refractivity contribution < 1.29 is 33.7 Å². The van der Waals surface area contributed by atoms with Crippen LogP contribution in [0.2, 0.25) is 0 Å². The number of nitrogen functional groups attached to an aromatic ring is 1. The second-order valence-corrected chi connectivity index (χ2v) is 13.4. The molecule has 11 nitrogen and oxygen atoms in total. The number of methoxy groups -OCH3 is 1. The summed E-state index contributed by atoms with van der Waals surface area (Å²) in [6.45, 7) is 8.48. The summed E-state index contributed by atoms with van der Waals surface area (Å²) in [6, 6.07) is 36.3. The molecular weight excluding hydrogens is 745 g/mol. The molecule has 0 fully saturated rings. The molecule has 0 radical (unpaired) electrons. The van der Waals surface area contributed by atoms with Crippen LogP contribution in [-0.4, -0.2) is 36.5 Å². The fourth-order valence-corrected chi connectivity index (χ4v) is 6.07. The maximum atomic E-state index is 13.7. The lowest BCUT2D eigenvalue weighted by molar-refractivity contribution is 0.0949. The first-order valence-corrected chi connectivity index (χ1v) is 18.7. The van der Waals surface area contributed by atoms with Gasteiger partial charge in [0.2, 0.25) is 0 Å². The Morgan fingerprint density at radius 3 is 1.88 bits per heavy atom. The molecule has 6 aromatic carbocycles. The number of phenolic OH excluding ortho intramolecular Hbond substituents is 1. The molecule has 3 amide bonds. The third kappa shape index (κ3) is 10.7. The minimum absolute atomic E-state index is 0.183. The van der Waals surface area contributed by atoms with Gasteiger partial charge in [0.1, 0.15) is 29.6 Å². The van der Waals surface area contributed by atoms with E-state index in [9.17, 15) is 19.5 Å². The maximum absolute atomic E-state index is 13.7. The summed E-state index contributed by atoms with van der Waals surface area (Å²) in [5.74, 6) is -0.163. The van der Waals surface area contributed by atoms with Gasteiger partial charge in [-0.1, -0.05) is 79.9 Å². The van der Waals surface area contributed by atoms with Gasteiger partial charge in [-0.25, -0.2) is 0 Å². The van der Waals surface area contributed by atoms with Crippen LogP contribution in [0.5, 0.6) is 23.0 Å². The monoisotopic (exact) mass is 788 g/mol. The average molecular weight is 789 g/mol. The van der Waals surface area contributed by atoms with Crippen molar-refractivity contribution in [1.82, 2.24) is 5.32 Å². The summed E-state index contributed by atoms with van der Waals surface area (Å²) in [5, 5.41) is 18.2. The Morgan fingerprint density at radius 2 is 1.22 bits per heavy atom. The standard InChI is InChI=1S/C48H44N4O7/c1-4-34-14-11-33(25-35(34)5-2)29-50-46(54)36-16-22-42(45(28-36)59-30-32-9-7-6-8-10-32)52-48(56)38-17-21-41(44(27-38)57-3)51-47(55)37-15-20-40(49)43(26-37)58-24-23-31-12-18-39(53)19-13-31/h4-22,25-28,53H,1-2,23-24,29-30,49H2,3H3,(H,50,54)(H,51,55)(H,52,56). The number of benzene rings is 6. The molecule has 0 saturated heterocycles. The molecule has 0 unspecified atom stereocenters. The van der Waals surface area contributed by atoms with Crippen molar-refractivity contribution in [2.24, 2.45) is 0 Å². The molecule has 0 spiro atoms. The van der Waals surface area contributed by atoms with Crippen molar-refractivity contribution in [1.29, 1.82) is 0 Å². The first-order chi connectivity index (χ1) is 28.6. The fourth-order valence-electron chi connectivity index (χ4n) is 6.07. The van der Waals surface area contributed by atoms with Gasteiger partial charge < -0.3 is 41.0 Å². The molecule has 6 rings (SSSR count). The van der Waals surface area contributed by atoms with Crippen LogP contribution in [0.1, 0.15) is 58.9 Å². The number of anilines is 3. The van der Waals surface area contributed by atoms with E-state index in [1.165, 1.54) is 13.2 Å². The Kier molecular flexibility index (Phi) is 13.4. The highest BCUT2D eigenvalue weighted by atomic mass is 16.5. The molecule has 298 valence electrons. The van der Waals surface area contributed by atoms with Gasteiger partial charge >= 0.3 is 0 Å². The second kappa shape index (κ2) is 19.4. The Labute approximate surface area is 342 Å². The van der Waals surface area contributed by atoms with E-state index >= 15 is 0 Å². The zero-order valence-corrected chi connectivity index (χ0v) is 32.5. The summed E-state index contributed by atoms with van der Waals surface area (Å²) >= 11 is 0. The third-order valence-corrected chi connectivity index (χ3v) is 9.35. The lowest BCUT2D eigenvalue weighted by atomic mass is 10.0. The quantitative estimate of drug-likeness (QED) is 0.0573. The third-order valence-electron chi connectivity index (χ3n) is 9.35. The predicted octanol–water partition coefficient (Wildman–Crippen LogP) is 8.90. The molecule has 6 N–H and O–H groups in total. The van der Waals surface area contributed by atoms with Crippen molar-refractivity contribution in [2.45, 2.75) is 19.6 Å². The first kappa shape index (κ1) is 40.9. The van der Waals surface area contributed by atoms with Crippen molar-refractivity contribution in [3.8, 4) is 23.0 Å². The minimum atomic E-state index is -0.475. The Hall–Kier alpha value is -7.79. The average Bonchev–Trinajstić information content (AvgIpc) is 3.26. The lowest BCUT2D eigenvalue weighted by Crippen LogP contribution is -2.23. The molecular formula is C48H44N4O7. The van der Waals surface area contributed by atoms with Crippen molar-refractivity contribution in [3.63, 3.8) is 0 Å². The highest BCUT2D eigenvalue weighted by Crippen LogP contribution is 2.31. The van der Waals surface area contributed by atoms with E-state index in [1.807, 2.05) is 48.5 Å². The van der Waals surface area contributed by atoms with Crippen molar-refractivity contribution in [2.75, 3.05) is 30.1 Å². The van der Waals surface area contributed by atoms with E-state index < -0.39 is 11.8 Å². The smallest absolute Gasteiger partial charge is 0.255 e. The molecule has 11 heteroatoms. The van der Waals surface area contributed by atoms with E-state index in [4.69, 9.17) is 19.9 Å². The second-order valence-electron chi connectivity index (χ2n) is 13.4. The number of hydrogen-bond acceptors (Lipinski definition) is 8. The number of nitrogens with two attached hydrogens (primary N) is 1. The molecule has 6 aromatic rings. The number of hydrogen-bond donors (Lipinski definition) is 5. The van der Waals surface area contributed by atoms with Gasteiger partial charge in [-0.2, -0.15) is 0 Å². The van der Waals surface area contributed by atoms with Crippen LogP contribution in [0.15, 0.2) is 141 Å². The predicted molar refractivity (Wildman–Crippen MR) is 232 cm³/mol. The molecule has 0 aromatic heterocycles. The molecule has 0 aliphatic heterocycles. The number of carbonyl (C=O) groups excluding carboxylic acids is 3. The number of ether oxygens (including phenoxy) is 3. The highest BCUT2D eigenvalue weighted by molar-refractivity contribution is 6.08. The van der Waals surface area contributed by atoms with Crippen LogP contribution in [0, 0.1) is 0 Å². The normalized spacial score (nSPS) is 10.5. The molecule has 0 aliphatic carbocycles. The number of rotatable bonds is 17. The van der Waals surface area contributed by atoms with Crippen LogP contribution in [0.3, 0.4) is 0 Å². The number of amides is 3. The number of nitrogens with one attached hydrogen (secondary N) is 3. The Bertz CT molecular complexity index is 2480. The lowest BCUT2D eigenvalue weighted by Gasteiger charge is -2.16. The van der Waals surface area contributed by atoms with Crippen molar-refractivity contribution >= 4 is 46.9 Å². The van der Waals surface area contributed by atoms with Crippen LogP contribution < -0.4 is 35.9 Å². The molecule has 0 atom stereocenters. The number of carbonyl (C=O) groups is 3. The van der Waals surface area contributed by atoms with E-state index in [2.05, 4.69) is 29.1 Å². The van der Waals surface area contributed by atoms with Gasteiger partial charge in [0.15, 0.2) is 0 Å². The Balaban J connectivity index is 1.14. The van der Waals surface area contributed by atoms with Crippen LogP contribution in [0.4, 0.5) is 17.1 Å². The van der Waals surface area contributed by atoms with Crippen molar-refractivity contribution in [3.05, 3.63) is 185 Å². The van der Waals surface area contributed by atoms with E-state index in [0.29, 0.717) is 52.7 Å². The van der Waals surface area contributed by atoms with E-state index in [-0.39, 0.29) is 36.1 Å². The summed E-state index contributed by atoms with van der Waals surface area (Å²) in [5.41, 5.74) is 12.7. The van der Waals surface area contributed by atoms with Gasteiger partial charge in [-0.3, -0.25) is 14.4 Å². The van der Waals surface area contributed by atoms with Crippen LogP contribution in [0.25, 0.3) is 12.2 Å². The van der Waals surface area contributed by atoms with Gasteiger partial charge in [-0.15, -0.1) is 0 Å². The minimum Gasteiger partial charge on any atom is -0.508 e. The molecule has 0 heterocycles. The molecule has 0 bridgehead atoms. The van der Waals surface area contributed by atoms with E-state index in [1.54, 1.807) is 84.9 Å². The SMILES string of the molecule is C=Cc1ccc(CNC(=O)c2ccc(NC(=O)c3ccc(NC(=O)c4ccc(N)c(OCCc5ccc(O)cc5)c4)c(OC)c3)c(OCc3ccccc3)c2)cc1C=C. The zero-order chi connectivity index (χ0) is 41.7.